The fourth-order valence-electron chi connectivity index (χ4n) is 7.60. The molecule has 7 nitrogen and oxygen atoms in total. The molecule has 7 rings (SSSR count). The van der Waals surface area contributed by atoms with Crippen LogP contribution in [0.5, 0.6) is 11.5 Å². The molecule has 192 valence electrons. The van der Waals surface area contributed by atoms with E-state index in [0.29, 0.717) is 34.5 Å². The number of phenolic OH excluding ortho intramolecular Hbond substituents is 1. The van der Waals surface area contributed by atoms with Gasteiger partial charge in [0.15, 0.2) is 5.82 Å². The quantitative estimate of drug-likeness (QED) is 0.468. The molecule has 4 atom stereocenters. The molecule has 0 spiro atoms. The van der Waals surface area contributed by atoms with Crippen LogP contribution in [-0.4, -0.2) is 47.6 Å². The van der Waals surface area contributed by atoms with Crippen LogP contribution in [0.15, 0.2) is 54.6 Å². The lowest BCUT2D eigenvalue weighted by molar-refractivity contribution is 0.159. The van der Waals surface area contributed by atoms with Crippen LogP contribution in [-0.2, 0) is 6.42 Å². The van der Waals surface area contributed by atoms with E-state index in [-0.39, 0.29) is 5.75 Å². The SMILES string of the molecule is Nc1nnc(-c2ccccc2O)cc1N1CC[C@H]2CC3(Cc4cccc(OC5CCNCC5)c4)C2[C@H]3C1. The second kappa shape index (κ2) is 8.91. The van der Waals surface area contributed by atoms with Crippen molar-refractivity contribution in [2.75, 3.05) is 36.8 Å². The molecule has 2 aliphatic carbocycles. The number of aromatic nitrogens is 2. The molecule has 2 saturated heterocycles. The Hall–Kier alpha value is -3.32. The van der Waals surface area contributed by atoms with Crippen molar-refractivity contribution in [3.63, 3.8) is 0 Å². The van der Waals surface area contributed by atoms with Crippen LogP contribution < -0.4 is 20.7 Å². The fraction of sp³-hybridized carbons (Fsp3) is 0.467. The highest BCUT2D eigenvalue weighted by atomic mass is 16.5. The molecule has 4 aliphatic rings. The normalized spacial score (nSPS) is 28.6. The van der Waals surface area contributed by atoms with Crippen molar-refractivity contribution < 1.29 is 9.84 Å². The molecule has 1 aromatic heterocycles. The molecule has 7 heteroatoms. The number of nitrogens with zero attached hydrogens (tertiary/aromatic N) is 3. The van der Waals surface area contributed by atoms with E-state index in [1.54, 1.807) is 6.07 Å². The summed E-state index contributed by atoms with van der Waals surface area (Å²) in [5, 5.41) is 22.3. The Balaban J connectivity index is 1.08. The van der Waals surface area contributed by atoms with Gasteiger partial charge >= 0.3 is 0 Å². The van der Waals surface area contributed by atoms with Crippen LogP contribution in [0.2, 0.25) is 0 Å². The first-order chi connectivity index (χ1) is 18.1. The Morgan fingerprint density at radius 3 is 2.78 bits per heavy atom. The van der Waals surface area contributed by atoms with Crippen molar-refractivity contribution in [1.82, 2.24) is 15.5 Å². The van der Waals surface area contributed by atoms with Crippen molar-refractivity contribution >= 4 is 11.5 Å². The van der Waals surface area contributed by atoms with Crippen molar-refractivity contribution in [2.24, 2.45) is 23.2 Å². The van der Waals surface area contributed by atoms with Gasteiger partial charge in [0, 0.05) is 18.7 Å². The second-order valence-corrected chi connectivity index (χ2v) is 11.5. The first kappa shape index (κ1) is 22.8. The Bertz CT molecular complexity index is 1310. The van der Waals surface area contributed by atoms with Crippen molar-refractivity contribution in [1.29, 1.82) is 0 Å². The largest absolute Gasteiger partial charge is 0.507 e. The molecule has 4 fully saturated rings. The van der Waals surface area contributed by atoms with Gasteiger partial charge in [-0.05, 0) is 104 Å². The van der Waals surface area contributed by atoms with E-state index < -0.39 is 0 Å². The lowest BCUT2D eigenvalue weighted by Gasteiger charge is -2.38. The van der Waals surface area contributed by atoms with Gasteiger partial charge in [0.25, 0.3) is 0 Å². The number of hydrogen-bond donors (Lipinski definition) is 3. The average Bonchev–Trinajstić information content (AvgIpc) is 3.44. The summed E-state index contributed by atoms with van der Waals surface area (Å²) in [4.78, 5) is 2.42. The van der Waals surface area contributed by atoms with Gasteiger partial charge in [-0.25, -0.2) is 0 Å². The van der Waals surface area contributed by atoms with Gasteiger partial charge in [-0.2, -0.15) is 0 Å². The number of nitrogen functional groups attached to an aromatic ring is 1. The Kier molecular flexibility index (Phi) is 5.50. The summed E-state index contributed by atoms with van der Waals surface area (Å²) in [6, 6.07) is 18.1. The van der Waals surface area contributed by atoms with E-state index in [4.69, 9.17) is 10.5 Å². The summed E-state index contributed by atoms with van der Waals surface area (Å²) in [7, 11) is 0. The highest BCUT2D eigenvalue weighted by Gasteiger charge is 2.74. The van der Waals surface area contributed by atoms with Crippen LogP contribution >= 0.6 is 0 Å². The van der Waals surface area contributed by atoms with Crippen molar-refractivity contribution in [3.05, 3.63) is 60.2 Å². The van der Waals surface area contributed by atoms with E-state index in [0.717, 1.165) is 68.7 Å². The molecule has 2 unspecified atom stereocenters. The molecule has 3 aromatic rings. The molecule has 2 aliphatic heterocycles. The maximum absolute atomic E-state index is 10.3. The summed E-state index contributed by atoms with van der Waals surface area (Å²) >= 11 is 0. The monoisotopic (exact) mass is 497 g/mol. The summed E-state index contributed by atoms with van der Waals surface area (Å²) in [5.41, 5.74) is 10.4. The minimum Gasteiger partial charge on any atom is -0.507 e. The summed E-state index contributed by atoms with van der Waals surface area (Å²) in [6.45, 7) is 4.08. The highest BCUT2D eigenvalue weighted by molar-refractivity contribution is 5.74. The number of aromatic hydroxyl groups is 1. The third-order valence-corrected chi connectivity index (χ3v) is 9.41. The van der Waals surface area contributed by atoms with Gasteiger partial charge in [0.05, 0.1) is 11.4 Å². The Morgan fingerprint density at radius 1 is 1.05 bits per heavy atom. The third kappa shape index (κ3) is 4.00. The van der Waals surface area contributed by atoms with Crippen molar-refractivity contribution in [2.45, 2.75) is 38.2 Å². The standard InChI is InChI=1S/C30H35N5O2/c31-29-26(15-25(33-34-29)23-6-1-2-7-27(23)36)35-13-10-20-17-30(24(18-35)28(20)30)16-19-4-3-5-22(14-19)37-21-8-11-32-12-9-21/h1-7,14-15,20-21,24,28,32,36H,8-13,16-18H2,(H2,31,34)/t20-,24+,28?,30?/m0/s1. The van der Waals surface area contributed by atoms with Gasteiger partial charge in [-0.3, -0.25) is 0 Å². The second-order valence-electron chi connectivity index (χ2n) is 11.5. The maximum Gasteiger partial charge on any atom is 0.169 e. The molecule has 2 aromatic carbocycles. The zero-order valence-corrected chi connectivity index (χ0v) is 21.1. The zero-order chi connectivity index (χ0) is 25.0. The minimum absolute atomic E-state index is 0.206. The molecular formula is C30H35N5O2. The number of piperidine rings is 1. The predicted molar refractivity (Wildman–Crippen MR) is 145 cm³/mol. The van der Waals surface area contributed by atoms with Gasteiger partial charge in [0.1, 0.15) is 17.6 Å². The van der Waals surface area contributed by atoms with E-state index in [2.05, 4.69) is 44.7 Å². The number of benzene rings is 2. The number of fused-ring (bicyclic) bond motifs is 1. The first-order valence-electron chi connectivity index (χ1n) is 13.7. The lowest BCUT2D eigenvalue weighted by atomic mass is 9.70. The fourth-order valence-corrected chi connectivity index (χ4v) is 7.60. The molecule has 37 heavy (non-hydrogen) atoms. The Labute approximate surface area is 218 Å². The van der Waals surface area contributed by atoms with Gasteiger partial charge < -0.3 is 25.8 Å². The van der Waals surface area contributed by atoms with Crippen molar-refractivity contribution in [3.8, 4) is 22.8 Å². The van der Waals surface area contributed by atoms with E-state index in [1.807, 2.05) is 24.3 Å². The zero-order valence-electron chi connectivity index (χ0n) is 21.1. The number of nitrogens with two attached hydrogens (primary N) is 1. The summed E-state index contributed by atoms with van der Waals surface area (Å²) in [5.74, 6) is 3.97. The van der Waals surface area contributed by atoms with Crippen LogP contribution in [0.25, 0.3) is 11.3 Å². The third-order valence-electron chi connectivity index (χ3n) is 9.41. The average molecular weight is 498 g/mol. The molecule has 0 bridgehead atoms. The number of para-hydroxylation sites is 1. The summed E-state index contributed by atoms with van der Waals surface area (Å²) < 4.78 is 6.33. The maximum atomic E-state index is 10.3. The molecule has 0 amide bonds. The highest BCUT2D eigenvalue weighted by Crippen LogP contribution is 2.77. The van der Waals surface area contributed by atoms with Gasteiger partial charge in [-0.15, -0.1) is 10.2 Å². The lowest BCUT2D eigenvalue weighted by Crippen LogP contribution is -2.35. The first-order valence-corrected chi connectivity index (χ1v) is 13.7. The van der Waals surface area contributed by atoms with E-state index in [9.17, 15) is 5.11 Å². The molecule has 4 N–H and O–H groups in total. The number of rotatable bonds is 6. The topological polar surface area (TPSA) is 96.5 Å². The Morgan fingerprint density at radius 2 is 1.92 bits per heavy atom. The van der Waals surface area contributed by atoms with Crippen LogP contribution in [0.3, 0.4) is 0 Å². The summed E-state index contributed by atoms with van der Waals surface area (Å²) in [6.07, 6.45) is 6.13. The minimum atomic E-state index is 0.206. The molecule has 3 heterocycles. The smallest absolute Gasteiger partial charge is 0.169 e. The predicted octanol–water partition coefficient (Wildman–Crippen LogP) is 4.27. The number of ether oxygens (including phenoxy) is 1. The van der Waals surface area contributed by atoms with E-state index in [1.165, 1.54) is 18.4 Å². The van der Waals surface area contributed by atoms with Gasteiger partial charge in [0.2, 0.25) is 0 Å². The number of nitrogens with one attached hydrogen (secondary N) is 1. The molecule has 0 radical (unpaired) electrons. The molecule has 2 saturated carbocycles. The molecular weight excluding hydrogens is 462 g/mol. The van der Waals surface area contributed by atoms with Crippen LogP contribution in [0.4, 0.5) is 11.5 Å². The van der Waals surface area contributed by atoms with Crippen LogP contribution in [0.1, 0.15) is 31.2 Å². The number of anilines is 2. The van der Waals surface area contributed by atoms with Gasteiger partial charge in [-0.1, -0.05) is 24.3 Å². The van der Waals surface area contributed by atoms with Crippen LogP contribution in [0, 0.1) is 23.2 Å². The number of phenols is 1. The van der Waals surface area contributed by atoms with E-state index >= 15 is 0 Å². The number of hydrogen-bond acceptors (Lipinski definition) is 7.